The van der Waals surface area contributed by atoms with Gasteiger partial charge in [0.05, 0.1) is 19.8 Å². The maximum atomic E-state index is 12.8. The maximum Gasteiger partial charge on any atom is 0.331 e. The number of carbonyl (C=O) groups is 1. The van der Waals surface area contributed by atoms with Gasteiger partial charge in [-0.2, -0.15) is 0 Å². The van der Waals surface area contributed by atoms with Crippen molar-refractivity contribution in [3.05, 3.63) is 53.6 Å². The van der Waals surface area contributed by atoms with Crippen LogP contribution >= 0.6 is 0 Å². The fourth-order valence-electron chi connectivity index (χ4n) is 4.81. The van der Waals surface area contributed by atoms with Gasteiger partial charge in [-0.25, -0.2) is 4.79 Å². The van der Waals surface area contributed by atoms with Crippen LogP contribution in [0.2, 0.25) is 0 Å². The molecule has 0 amide bonds. The van der Waals surface area contributed by atoms with Crippen LogP contribution in [0, 0.1) is 0 Å². The van der Waals surface area contributed by atoms with Gasteiger partial charge < -0.3 is 74.7 Å². The molecule has 0 aromatic heterocycles. The van der Waals surface area contributed by atoms with Crippen LogP contribution in [0.25, 0.3) is 6.08 Å². The highest BCUT2D eigenvalue weighted by atomic mass is 16.7. The molecular weight excluding hydrogens is 604 g/mol. The van der Waals surface area contributed by atoms with Crippen molar-refractivity contribution in [2.45, 2.75) is 67.8 Å². The molecule has 45 heavy (non-hydrogen) atoms. The van der Waals surface area contributed by atoms with Gasteiger partial charge in [0.25, 0.3) is 0 Å². The first-order valence-corrected chi connectivity index (χ1v) is 13.9. The van der Waals surface area contributed by atoms with Gasteiger partial charge in [0, 0.05) is 6.08 Å². The van der Waals surface area contributed by atoms with E-state index in [2.05, 4.69) is 0 Å². The summed E-state index contributed by atoms with van der Waals surface area (Å²) >= 11 is 0. The number of hydrogen-bond donors (Lipinski definition) is 10. The third-order valence-corrected chi connectivity index (χ3v) is 7.31. The molecule has 2 saturated heterocycles. The van der Waals surface area contributed by atoms with Gasteiger partial charge in [0.1, 0.15) is 42.7 Å². The normalized spacial score (nSPS) is 32.0. The number of aliphatic hydroxyl groups is 6. The summed E-state index contributed by atoms with van der Waals surface area (Å²) in [4.78, 5) is 12.8. The van der Waals surface area contributed by atoms with E-state index in [1.807, 2.05) is 0 Å². The highest BCUT2D eigenvalue weighted by Gasteiger charge is 2.52. The van der Waals surface area contributed by atoms with Crippen molar-refractivity contribution in [2.24, 2.45) is 0 Å². The Kier molecular flexibility index (Phi) is 11.6. The molecule has 0 bridgehead atoms. The Morgan fingerprint density at radius 3 is 2.02 bits per heavy atom. The van der Waals surface area contributed by atoms with Crippen LogP contribution in [0.1, 0.15) is 11.1 Å². The summed E-state index contributed by atoms with van der Waals surface area (Å²) in [5, 5.41) is 100. The minimum absolute atomic E-state index is 0.108. The Bertz CT molecular complexity index is 1320. The number of ether oxygens (including phenoxy) is 5. The van der Waals surface area contributed by atoms with E-state index in [4.69, 9.17) is 23.7 Å². The van der Waals surface area contributed by atoms with Crippen molar-refractivity contribution in [1.82, 2.24) is 0 Å². The zero-order valence-corrected chi connectivity index (χ0v) is 23.6. The third-order valence-electron chi connectivity index (χ3n) is 7.31. The van der Waals surface area contributed by atoms with Gasteiger partial charge in [-0.05, 0) is 47.9 Å². The minimum Gasteiger partial charge on any atom is -0.504 e. The van der Waals surface area contributed by atoms with E-state index in [0.717, 1.165) is 6.08 Å². The summed E-state index contributed by atoms with van der Waals surface area (Å²) in [5.74, 6) is -2.50. The molecular formula is C29H36O16. The Labute approximate surface area is 256 Å². The van der Waals surface area contributed by atoms with Crippen molar-refractivity contribution in [1.29, 1.82) is 0 Å². The Morgan fingerprint density at radius 2 is 1.38 bits per heavy atom. The number of esters is 1. The number of carbonyl (C=O) groups excluding carboxylic acids is 1. The number of rotatable bonds is 11. The van der Waals surface area contributed by atoms with Gasteiger partial charge in [0.15, 0.2) is 41.7 Å². The fraction of sp³-hybridized carbons (Fsp3) is 0.483. The van der Waals surface area contributed by atoms with E-state index in [0.29, 0.717) is 11.1 Å². The standard InChI is InChI=1S/C29H36O16/c30-11-19-22(37)23(38)24(39)29(42-19)45-27-25(40)28(41-8-7-14-2-5-16(33)18(35)10-14)43-20(12-31)26(27)44-21(36)6-3-13-1-4-15(32)17(34)9-13/h1-6,9-10,19-20,22-35,37-40H,7-8,11-12H2/b6-3+. The van der Waals surface area contributed by atoms with Gasteiger partial charge in [-0.15, -0.1) is 0 Å². The first-order valence-electron chi connectivity index (χ1n) is 13.9. The number of benzene rings is 2. The van der Waals surface area contributed by atoms with Crippen molar-refractivity contribution < 1.29 is 79.5 Å². The van der Waals surface area contributed by atoms with Crippen LogP contribution in [0.3, 0.4) is 0 Å². The van der Waals surface area contributed by atoms with Crippen molar-refractivity contribution in [2.75, 3.05) is 19.8 Å². The molecule has 10 unspecified atom stereocenters. The van der Waals surface area contributed by atoms with E-state index >= 15 is 0 Å². The molecule has 16 heteroatoms. The predicted molar refractivity (Wildman–Crippen MR) is 149 cm³/mol. The Hall–Kier alpha value is -3.55. The molecule has 2 fully saturated rings. The second-order valence-electron chi connectivity index (χ2n) is 10.4. The zero-order valence-electron chi connectivity index (χ0n) is 23.6. The molecule has 2 aliphatic heterocycles. The number of hydrogen-bond acceptors (Lipinski definition) is 16. The summed E-state index contributed by atoms with van der Waals surface area (Å²) in [5.41, 5.74) is 0.870. The first kappa shape index (κ1) is 34.3. The lowest BCUT2D eigenvalue weighted by molar-refractivity contribution is -0.360. The van der Waals surface area contributed by atoms with Crippen LogP contribution in [-0.2, 0) is 34.9 Å². The number of phenolic OH excluding ortho intramolecular Hbond substituents is 4. The fourth-order valence-corrected chi connectivity index (χ4v) is 4.81. The summed E-state index contributed by atoms with van der Waals surface area (Å²) in [6, 6.07) is 7.88. The lowest BCUT2D eigenvalue weighted by atomic mass is 9.96. The smallest absolute Gasteiger partial charge is 0.331 e. The second kappa shape index (κ2) is 15.2. The molecule has 4 rings (SSSR count). The molecule has 0 saturated carbocycles. The number of aliphatic hydroxyl groups excluding tert-OH is 6. The largest absolute Gasteiger partial charge is 0.504 e. The lowest BCUT2D eigenvalue weighted by Gasteiger charge is -2.46. The van der Waals surface area contributed by atoms with E-state index in [9.17, 15) is 55.9 Å². The highest BCUT2D eigenvalue weighted by molar-refractivity contribution is 5.87. The van der Waals surface area contributed by atoms with Gasteiger partial charge in [0.2, 0.25) is 0 Å². The average Bonchev–Trinajstić information content (AvgIpc) is 3.02. The molecule has 10 N–H and O–H groups in total. The monoisotopic (exact) mass is 640 g/mol. The second-order valence-corrected chi connectivity index (χ2v) is 10.4. The molecule has 16 nitrogen and oxygen atoms in total. The highest BCUT2D eigenvalue weighted by Crippen LogP contribution is 2.32. The molecule has 248 valence electrons. The summed E-state index contributed by atoms with van der Waals surface area (Å²) < 4.78 is 28.0. The molecule has 10 atom stereocenters. The van der Waals surface area contributed by atoms with Crippen LogP contribution in [0.15, 0.2) is 42.5 Å². The number of aromatic hydroxyl groups is 4. The Morgan fingerprint density at radius 1 is 0.733 bits per heavy atom. The zero-order chi connectivity index (χ0) is 32.8. The molecule has 2 heterocycles. The summed E-state index contributed by atoms with van der Waals surface area (Å²) in [7, 11) is 0. The van der Waals surface area contributed by atoms with Gasteiger partial charge >= 0.3 is 5.97 Å². The van der Waals surface area contributed by atoms with Gasteiger partial charge in [-0.3, -0.25) is 0 Å². The van der Waals surface area contributed by atoms with E-state index < -0.39 is 86.3 Å². The van der Waals surface area contributed by atoms with Crippen molar-refractivity contribution in [3.8, 4) is 23.0 Å². The maximum absolute atomic E-state index is 12.8. The van der Waals surface area contributed by atoms with E-state index in [1.54, 1.807) is 0 Å². The topological polar surface area (TPSA) is 266 Å². The van der Waals surface area contributed by atoms with Crippen LogP contribution < -0.4 is 0 Å². The first-order chi connectivity index (χ1) is 21.4. The van der Waals surface area contributed by atoms with E-state index in [-0.39, 0.29) is 30.3 Å². The molecule has 0 aliphatic carbocycles. The molecule has 0 radical (unpaired) electrons. The van der Waals surface area contributed by atoms with Crippen molar-refractivity contribution in [3.63, 3.8) is 0 Å². The van der Waals surface area contributed by atoms with E-state index in [1.165, 1.54) is 42.5 Å². The van der Waals surface area contributed by atoms with Crippen LogP contribution in [0.5, 0.6) is 23.0 Å². The van der Waals surface area contributed by atoms with Crippen LogP contribution in [-0.4, -0.2) is 138 Å². The SMILES string of the molecule is O=C(/C=C/c1ccc(O)c(O)c1)OC1C(CO)OC(OCCc2ccc(O)c(O)c2)C(O)C1OC1OC(CO)C(O)C(O)C1O. The molecule has 0 spiro atoms. The quantitative estimate of drug-likeness (QED) is 0.0720. The van der Waals surface area contributed by atoms with Gasteiger partial charge in [-0.1, -0.05) is 12.1 Å². The average molecular weight is 641 g/mol. The van der Waals surface area contributed by atoms with Crippen LogP contribution in [0.4, 0.5) is 0 Å². The molecule has 2 aliphatic rings. The number of phenols is 4. The predicted octanol–water partition coefficient (Wildman–Crippen LogP) is -2.04. The van der Waals surface area contributed by atoms with Crippen molar-refractivity contribution >= 4 is 12.0 Å². The molecule has 2 aromatic carbocycles. The minimum atomic E-state index is -1.88. The summed E-state index contributed by atoms with van der Waals surface area (Å²) in [6.45, 7) is -1.65. The summed E-state index contributed by atoms with van der Waals surface area (Å²) in [6.07, 6.45) is -14.0. The lowest BCUT2D eigenvalue weighted by Crippen LogP contribution is -2.65. The Balaban J connectivity index is 1.53. The third kappa shape index (κ3) is 8.19. The molecule has 2 aromatic rings.